The second kappa shape index (κ2) is 8.79. The third-order valence-electron chi connectivity index (χ3n) is 3.53. The van der Waals surface area contributed by atoms with Gasteiger partial charge in [-0.2, -0.15) is 0 Å². The Morgan fingerprint density at radius 1 is 1.04 bits per heavy atom. The van der Waals surface area contributed by atoms with Crippen molar-refractivity contribution in [2.45, 2.75) is 18.7 Å². The molecular formula is C19H18N4O2S2. The van der Waals surface area contributed by atoms with E-state index in [-0.39, 0.29) is 17.6 Å². The van der Waals surface area contributed by atoms with Crippen molar-refractivity contribution in [3.8, 4) is 0 Å². The van der Waals surface area contributed by atoms with Crippen molar-refractivity contribution in [1.29, 1.82) is 0 Å². The molecule has 0 fully saturated rings. The maximum atomic E-state index is 12.3. The summed E-state index contributed by atoms with van der Waals surface area (Å²) in [5, 5.41) is 14.6. The molecule has 0 aliphatic rings. The standard InChI is InChI=1S/C19H18N4O2S2/c1-12-4-3-5-14(10-12)18(25)20-15-6-8-16(9-7-15)26-11-17(24)21-19-23-22-13(2)27-19/h3-10H,11H2,1-2H3,(H,20,25)(H,21,23,24). The number of nitrogens with one attached hydrogen (secondary N) is 2. The van der Waals surface area contributed by atoms with Gasteiger partial charge in [0.1, 0.15) is 5.01 Å². The monoisotopic (exact) mass is 398 g/mol. The molecule has 0 spiro atoms. The van der Waals surface area contributed by atoms with Gasteiger partial charge in [-0.05, 0) is 50.2 Å². The average molecular weight is 399 g/mol. The molecule has 0 saturated carbocycles. The molecule has 0 unspecified atom stereocenters. The van der Waals surface area contributed by atoms with Gasteiger partial charge in [0.05, 0.1) is 5.75 Å². The van der Waals surface area contributed by atoms with Crippen LogP contribution >= 0.6 is 23.1 Å². The Bertz CT molecular complexity index is 954. The Balaban J connectivity index is 1.51. The van der Waals surface area contributed by atoms with Crippen LogP contribution in [0, 0.1) is 13.8 Å². The summed E-state index contributed by atoms with van der Waals surface area (Å²) in [4.78, 5) is 25.1. The topological polar surface area (TPSA) is 84.0 Å². The molecule has 8 heteroatoms. The molecule has 0 aliphatic heterocycles. The lowest BCUT2D eigenvalue weighted by Crippen LogP contribution is -2.13. The first-order chi connectivity index (χ1) is 13.0. The summed E-state index contributed by atoms with van der Waals surface area (Å²) in [5.74, 6) is -0.00743. The van der Waals surface area contributed by atoms with Crippen LogP contribution in [0.25, 0.3) is 0 Å². The van der Waals surface area contributed by atoms with Gasteiger partial charge < -0.3 is 5.32 Å². The molecule has 0 bridgehead atoms. The van der Waals surface area contributed by atoms with Gasteiger partial charge in [0.2, 0.25) is 11.0 Å². The van der Waals surface area contributed by atoms with E-state index in [1.54, 1.807) is 6.07 Å². The van der Waals surface area contributed by atoms with E-state index in [0.29, 0.717) is 16.4 Å². The number of amides is 2. The first kappa shape index (κ1) is 19.1. The second-order valence-corrected chi connectivity index (χ2v) is 8.04. The molecule has 1 aromatic heterocycles. The minimum Gasteiger partial charge on any atom is -0.322 e. The number of benzene rings is 2. The zero-order valence-electron chi connectivity index (χ0n) is 14.9. The van der Waals surface area contributed by atoms with Crippen LogP contribution in [0.15, 0.2) is 53.4 Å². The van der Waals surface area contributed by atoms with Crippen LogP contribution in [0.3, 0.4) is 0 Å². The van der Waals surface area contributed by atoms with E-state index >= 15 is 0 Å². The van der Waals surface area contributed by atoms with Gasteiger partial charge in [0.15, 0.2) is 0 Å². The van der Waals surface area contributed by atoms with Crippen molar-refractivity contribution in [2.75, 3.05) is 16.4 Å². The number of nitrogens with zero attached hydrogens (tertiary/aromatic N) is 2. The van der Waals surface area contributed by atoms with E-state index in [1.165, 1.54) is 23.1 Å². The molecule has 0 atom stereocenters. The van der Waals surface area contributed by atoms with Crippen molar-refractivity contribution in [3.05, 3.63) is 64.7 Å². The summed E-state index contributed by atoms with van der Waals surface area (Å²) >= 11 is 2.75. The average Bonchev–Trinajstić information content (AvgIpc) is 3.06. The lowest BCUT2D eigenvalue weighted by molar-refractivity contribution is -0.113. The maximum absolute atomic E-state index is 12.3. The number of thioether (sulfide) groups is 1. The molecule has 138 valence electrons. The first-order valence-corrected chi connectivity index (χ1v) is 10.0. The van der Waals surface area contributed by atoms with Gasteiger partial charge in [-0.3, -0.25) is 14.9 Å². The molecule has 0 saturated heterocycles. The van der Waals surface area contributed by atoms with Crippen LogP contribution in [-0.4, -0.2) is 27.8 Å². The lowest BCUT2D eigenvalue weighted by atomic mass is 10.1. The zero-order valence-corrected chi connectivity index (χ0v) is 16.5. The Labute approximate surface area is 165 Å². The molecule has 6 nitrogen and oxygen atoms in total. The van der Waals surface area contributed by atoms with Gasteiger partial charge in [0, 0.05) is 16.1 Å². The third kappa shape index (κ3) is 5.63. The Hall–Kier alpha value is -2.71. The smallest absolute Gasteiger partial charge is 0.255 e. The fourth-order valence-corrected chi connectivity index (χ4v) is 3.58. The number of anilines is 2. The quantitative estimate of drug-likeness (QED) is 0.610. The molecule has 0 radical (unpaired) electrons. The summed E-state index contributed by atoms with van der Waals surface area (Å²) < 4.78 is 0. The number of carbonyl (C=O) groups is 2. The minimum absolute atomic E-state index is 0.132. The fraction of sp³-hybridized carbons (Fsp3) is 0.158. The van der Waals surface area contributed by atoms with Crippen LogP contribution in [0.5, 0.6) is 0 Å². The van der Waals surface area contributed by atoms with E-state index < -0.39 is 0 Å². The number of hydrogen-bond donors (Lipinski definition) is 2. The third-order valence-corrected chi connectivity index (χ3v) is 5.30. The van der Waals surface area contributed by atoms with Crippen molar-refractivity contribution in [3.63, 3.8) is 0 Å². The highest BCUT2D eigenvalue weighted by Gasteiger charge is 2.08. The van der Waals surface area contributed by atoms with E-state index in [9.17, 15) is 9.59 Å². The number of hydrogen-bond acceptors (Lipinski definition) is 6. The summed E-state index contributed by atoms with van der Waals surface area (Å²) in [7, 11) is 0. The largest absolute Gasteiger partial charge is 0.322 e. The highest BCUT2D eigenvalue weighted by atomic mass is 32.2. The van der Waals surface area contributed by atoms with Crippen LogP contribution in [0.4, 0.5) is 10.8 Å². The summed E-state index contributed by atoms with van der Waals surface area (Å²) in [6.07, 6.45) is 0. The first-order valence-electron chi connectivity index (χ1n) is 8.20. The van der Waals surface area contributed by atoms with Crippen molar-refractivity contribution in [1.82, 2.24) is 10.2 Å². The molecule has 2 amide bonds. The zero-order chi connectivity index (χ0) is 19.2. The van der Waals surface area contributed by atoms with Crippen LogP contribution in [-0.2, 0) is 4.79 Å². The number of aryl methyl sites for hydroxylation is 2. The SMILES string of the molecule is Cc1cccc(C(=O)Nc2ccc(SCC(=O)Nc3nnc(C)s3)cc2)c1. The molecular weight excluding hydrogens is 380 g/mol. The van der Waals surface area contributed by atoms with E-state index in [4.69, 9.17) is 0 Å². The predicted octanol–water partition coefficient (Wildman–Crippen LogP) is 4.14. The van der Waals surface area contributed by atoms with E-state index in [2.05, 4.69) is 20.8 Å². The maximum Gasteiger partial charge on any atom is 0.255 e. The van der Waals surface area contributed by atoms with Crippen molar-refractivity contribution >= 4 is 45.7 Å². The van der Waals surface area contributed by atoms with Gasteiger partial charge in [-0.1, -0.05) is 29.0 Å². The molecule has 3 rings (SSSR count). The highest BCUT2D eigenvalue weighted by molar-refractivity contribution is 8.00. The minimum atomic E-state index is -0.147. The number of carbonyl (C=O) groups excluding carboxylic acids is 2. The summed E-state index contributed by atoms with van der Waals surface area (Å²) in [6.45, 7) is 3.78. The molecule has 27 heavy (non-hydrogen) atoms. The second-order valence-electron chi connectivity index (χ2n) is 5.81. The lowest BCUT2D eigenvalue weighted by Gasteiger charge is -2.07. The normalized spacial score (nSPS) is 10.4. The molecule has 2 N–H and O–H groups in total. The van der Waals surface area contributed by atoms with Gasteiger partial charge >= 0.3 is 0 Å². The Morgan fingerprint density at radius 3 is 2.48 bits per heavy atom. The van der Waals surface area contributed by atoms with E-state index in [0.717, 1.165) is 15.5 Å². The van der Waals surface area contributed by atoms with E-state index in [1.807, 2.05) is 56.3 Å². The molecule has 0 aliphatic carbocycles. The predicted molar refractivity (Wildman–Crippen MR) is 110 cm³/mol. The van der Waals surface area contributed by atoms with Crippen molar-refractivity contribution in [2.24, 2.45) is 0 Å². The summed E-state index contributed by atoms with van der Waals surface area (Å²) in [5.41, 5.74) is 2.37. The summed E-state index contributed by atoms with van der Waals surface area (Å²) in [6, 6.07) is 14.8. The van der Waals surface area contributed by atoms with Crippen molar-refractivity contribution < 1.29 is 9.59 Å². The van der Waals surface area contributed by atoms with Gasteiger partial charge in [-0.25, -0.2) is 0 Å². The fourth-order valence-electron chi connectivity index (χ4n) is 2.28. The van der Waals surface area contributed by atoms with Gasteiger partial charge in [0.25, 0.3) is 5.91 Å². The molecule has 3 aromatic rings. The number of rotatable bonds is 6. The molecule has 1 heterocycles. The van der Waals surface area contributed by atoms with Crippen LogP contribution in [0.2, 0.25) is 0 Å². The Morgan fingerprint density at radius 2 is 1.81 bits per heavy atom. The highest BCUT2D eigenvalue weighted by Crippen LogP contribution is 2.21. The van der Waals surface area contributed by atoms with Crippen LogP contribution < -0.4 is 10.6 Å². The molecule has 2 aromatic carbocycles. The Kier molecular flexibility index (Phi) is 6.20. The number of aromatic nitrogens is 2. The van der Waals surface area contributed by atoms with Crippen LogP contribution in [0.1, 0.15) is 20.9 Å². The van der Waals surface area contributed by atoms with Gasteiger partial charge in [-0.15, -0.1) is 22.0 Å².